The number of rotatable bonds is 1. The normalized spacial score (nSPS) is 51.4. The molecule has 1 N–H and O–H groups in total. The molecule has 2 unspecified atom stereocenters. The summed E-state index contributed by atoms with van der Waals surface area (Å²) in [5, 5.41) is 4.59. The maximum absolute atomic E-state index is 3.50. The van der Waals surface area contributed by atoms with Gasteiger partial charge in [-0.1, -0.05) is 15.9 Å². The number of nitrogens with one attached hydrogen (secondary N) is 1. The highest BCUT2D eigenvalue weighted by molar-refractivity contribution is 9.09. The molecular formula is C6H10BrN. The van der Waals surface area contributed by atoms with E-state index in [2.05, 4.69) is 21.2 Å². The summed E-state index contributed by atoms with van der Waals surface area (Å²) in [6.45, 7) is 2.56. The smallest absolute Gasteiger partial charge is 0.00661 e. The van der Waals surface area contributed by atoms with Gasteiger partial charge in [-0.25, -0.2) is 0 Å². The van der Waals surface area contributed by atoms with Crippen LogP contribution in [0.5, 0.6) is 0 Å². The van der Waals surface area contributed by atoms with Crippen molar-refractivity contribution in [1.29, 1.82) is 0 Å². The first-order valence-corrected chi connectivity index (χ1v) is 4.32. The Bertz CT molecular complexity index is 87.9. The molecule has 0 spiro atoms. The van der Waals surface area contributed by atoms with Gasteiger partial charge in [0.25, 0.3) is 0 Å². The van der Waals surface area contributed by atoms with Crippen molar-refractivity contribution in [3.05, 3.63) is 0 Å². The molecule has 1 saturated carbocycles. The topological polar surface area (TPSA) is 12.0 Å². The number of hydrogen-bond acceptors (Lipinski definition) is 1. The molecule has 2 heteroatoms. The average Bonchev–Trinajstić information content (AvgIpc) is 2.22. The summed E-state index contributed by atoms with van der Waals surface area (Å²) < 4.78 is 0. The van der Waals surface area contributed by atoms with Crippen molar-refractivity contribution in [3.8, 4) is 0 Å². The van der Waals surface area contributed by atoms with Gasteiger partial charge in [0, 0.05) is 5.33 Å². The van der Waals surface area contributed by atoms with Crippen molar-refractivity contribution in [2.24, 2.45) is 17.8 Å². The van der Waals surface area contributed by atoms with Crippen LogP contribution in [0.4, 0.5) is 0 Å². The fourth-order valence-electron chi connectivity index (χ4n) is 1.78. The van der Waals surface area contributed by atoms with Crippen LogP contribution in [0.2, 0.25) is 0 Å². The van der Waals surface area contributed by atoms with Gasteiger partial charge in [-0.2, -0.15) is 0 Å². The van der Waals surface area contributed by atoms with E-state index in [0.29, 0.717) is 0 Å². The zero-order chi connectivity index (χ0) is 5.56. The van der Waals surface area contributed by atoms with Crippen molar-refractivity contribution in [3.63, 3.8) is 0 Å². The SMILES string of the molecule is BrCC1C2CNCC12. The third-order valence-corrected chi connectivity index (χ3v) is 3.19. The Balaban J connectivity index is 1.94. The number of fused-ring (bicyclic) bond motifs is 1. The lowest BCUT2D eigenvalue weighted by Gasteiger charge is -1.96. The standard InChI is InChI=1S/C6H10BrN/c7-1-4-5-2-8-3-6(4)5/h4-6,8H,1-3H2. The van der Waals surface area contributed by atoms with Gasteiger partial charge < -0.3 is 5.32 Å². The highest BCUT2D eigenvalue weighted by Gasteiger charge is 2.51. The lowest BCUT2D eigenvalue weighted by Crippen LogP contribution is -2.14. The fourth-order valence-corrected chi connectivity index (χ4v) is 2.74. The van der Waals surface area contributed by atoms with Crippen LogP contribution in [0.1, 0.15) is 0 Å². The molecule has 1 aliphatic carbocycles. The molecule has 0 aromatic carbocycles. The van der Waals surface area contributed by atoms with E-state index in [4.69, 9.17) is 0 Å². The molecule has 1 aliphatic heterocycles. The van der Waals surface area contributed by atoms with Gasteiger partial charge in [0.05, 0.1) is 0 Å². The lowest BCUT2D eigenvalue weighted by molar-refractivity contribution is 0.642. The molecule has 0 aromatic rings. The van der Waals surface area contributed by atoms with Gasteiger partial charge in [0.1, 0.15) is 0 Å². The summed E-state index contributed by atoms with van der Waals surface area (Å²) in [4.78, 5) is 0. The molecule has 46 valence electrons. The zero-order valence-electron chi connectivity index (χ0n) is 4.73. The van der Waals surface area contributed by atoms with E-state index in [1.54, 1.807) is 0 Å². The monoisotopic (exact) mass is 175 g/mol. The van der Waals surface area contributed by atoms with Crippen molar-refractivity contribution >= 4 is 15.9 Å². The van der Waals surface area contributed by atoms with Gasteiger partial charge in [-0.3, -0.25) is 0 Å². The number of alkyl halides is 1. The summed E-state index contributed by atoms with van der Waals surface area (Å²) in [6.07, 6.45) is 0. The zero-order valence-corrected chi connectivity index (χ0v) is 6.32. The van der Waals surface area contributed by atoms with Crippen LogP contribution in [-0.2, 0) is 0 Å². The van der Waals surface area contributed by atoms with Crippen molar-refractivity contribution in [2.45, 2.75) is 0 Å². The van der Waals surface area contributed by atoms with E-state index < -0.39 is 0 Å². The predicted octanol–water partition coefficient (Wildman–Crippen LogP) is 0.847. The predicted molar refractivity (Wildman–Crippen MR) is 37.1 cm³/mol. The summed E-state index contributed by atoms with van der Waals surface area (Å²) in [5.74, 6) is 3.10. The summed E-state index contributed by atoms with van der Waals surface area (Å²) in [6, 6.07) is 0. The van der Waals surface area contributed by atoms with Gasteiger partial charge in [0.2, 0.25) is 0 Å². The first-order chi connectivity index (χ1) is 3.93. The van der Waals surface area contributed by atoms with E-state index in [9.17, 15) is 0 Å². The molecule has 0 amide bonds. The second-order valence-corrected chi connectivity index (χ2v) is 3.45. The van der Waals surface area contributed by atoms with Gasteiger partial charge in [-0.05, 0) is 30.8 Å². The van der Waals surface area contributed by atoms with Crippen molar-refractivity contribution < 1.29 is 0 Å². The fraction of sp³-hybridized carbons (Fsp3) is 1.00. The highest BCUT2D eigenvalue weighted by atomic mass is 79.9. The summed E-state index contributed by atoms with van der Waals surface area (Å²) >= 11 is 3.50. The minimum Gasteiger partial charge on any atom is -0.316 e. The Hall–Kier alpha value is 0.440. The Kier molecular flexibility index (Phi) is 1.12. The molecule has 1 heterocycles. The van der Waals surface area contributed by atoms with Gasteiger partial charge >= 0.3 is 0 Å². The lowest BCUT2D eigenvalue weighted by atomic mass is 10.3. The van der Waals surface area contributed by atoms with Gasteiger partial charge in [-0.15, -0.1) is 0 Å². The Morgan fingerprint density at radius 3 is 2.38 bits per heavy atom. The molecule has 0 aromatic heterocycles. The first-order valence-electron chi connectivity index (χ1n) is 3.20. The van der Waals surface area contributed by atoms with Crippen LogP contribution in [0, 0.1) is 17.8 Å². The van der Waals surface area contributed by atoms with E-state index in [1.165, 1.54) is 18.4 Å². The quantitative estimate of drug-likeness (QED) is 0.584. The highest BCUT2D eigenvalue weighted by Crippen LogP contribution is 2.49. The van der Waals surface area contributed by atoms with Crippen LogP contribution in [0.3, 0.4) is 0 Å². The molecule has 2 fully saturated rings. The molecule has 1 saturated heterocycles. The van der Waals surface area contributed by atoms with E-state index >= 15 is 0 Å². The van der Waals surface area contributed by atoms with Crippen molar-refractivity contribution in [2.75, 3.05) is 18.4 Å². The third kappa shape index (κ3) is 0.560. The minimum absolute atomic E-state index is 1.02. The van der Waals surface area contributed by atoms with Crippen LogP contribution in [-0.4, -0.2) is 18.4 Å². The second kappa shape index (κ2) is 1.71. The molecule has 0 bridgehead atoms. The third-order valence-electron chi connectivity index (χ3n) is 2.45. The van der Waals surface area contributed by atoms with E-state index in [-0.39, 0.29) is 0 Å². The number of halogens is 1. The molecule has 2 rings (SSSR count). The molecule has 2 atom stereocenters. The van der Waals surface area contributed by atoms with E-state index in [1.807, 2.05) is 0 Å². The summed E-state index contributed by atoms with van der Waals surface area (Å²) in [5.41, 5.74) is 0. The maximum Gasteiger partial charge on any atom is 0.00661 e. The summed E-state index contributed by atoms with van der Waals surface area (Å²) in [7, 11) is 0. The van der Waals surface area contributed by atoms with E-state index in [0.717, 1.165) is 17.8 Å². The minimum atomic E-state index is 1.02. The molecule has 8 heavy (non-hydrogen) atoms. The molecule has 0 radical (unpaired) electrons. The Morgan fingerprint density at radius 2 is 2.00 bits per heavy atom. The van der Waals surface area contributed by atoms with Crippen LogP contribution in [0.15, 0.2) is 0 Å². The van der Waals surface area contributed by atoms with Crippen LogP contribution < -0.4 is 5.32 Å². The average molecular weight is 176 g/mol. The number of piperidine rings is 1. The Labute approximate surface area is 58.0 Å². The molecule has 2 aliphatic rings. The van der Waals surface area contributed by atoms with Crippen LogP contribution >= 0.6 is 15.9 Å². The second-order valence-electron chi connectivity index (χ2n) is 2.80. The molecular weight excluding hydrogens is 166 g/mol. The van der Waals surface area contributed by atoms with Crippen molar-refractivity contribution in [1.82, 2.24) is 5.32 Å². The number of hydrogen-bond donors (Lipinski definition) is 1. The molecule has 1 nitrogen and oxygen atoms in total. The largest absolute Gasteiger partial charge is 0.316 e. The van der Waals surface area contributed by atoms with Crippen LogP contribution in [0.25, 0.3) is 0 Å². The Morgan fingerprint density at radius 1 is 1.38 bits per heavy atom. The van der Waals surface area contributed by atoms with Gasteiger partial charge in [0.15, 0.2) is 0 Å². The maximum atomic E-state index is 3.50. The first kappa shape index (κ1) is 5.24.